The van der Waals surface area contributed by atoms with Crippen LogP contribution in [0.4, 0.5) is 0 Å². The Morgan fingerprint density at radius 2 is 1.83 bits per heavy atom. The second-order valence-electron chi connectivity index (χ2n) is 7.90. The van der Waals surface area contributed by atoms with Crippen LogP contribution >= 0.6 is 11.8 Å². The molecule has 1 aliphatic carbocycles. The van der Waals surface area contributed by atoms with Gasteiger partial charge in [-0.25, -0.2) is 14.8 Å². The highest BCUT2D eigenvalue weighted by Gasteiger charge is 2.23. The van der Waals surface area contributed by atoms with E-state index in [1.165, 1.54) is 42.0 Å². The van der Waals surface area contributed by atoms with E-state index in [4.69, 9.17) is 9.97 Å². The molecule has 0 spiro atoms. The SMILES string of the molecule is Cc1cccc(CSc2nc(C3CCCCC3)nc3c2c(=O)n(C)c(=O)n3C)c1. The lowest BCUT2D eigenvalue weighted by Crippen LogP contribution is -2.38. The van der Waals surface area contributed by atoms with Crippen LogP contribution in [0.2, 0.25) is 0 Å². The minimum atomic E-state index is -0.356. The van der Waals surface area contributed by atoms with Gasteiger partial charge in [-0.3, -0.25) is 13.9 Å². The molecule has 0 aliphatic heterocycles. The van der Waals surface area contributed by atoms with Gasteiger partial charge in [0.1, 0.15) is 16.2 Å². The average Bonchev–Trinajstić information content (AvgIpc) is 2.74. The van der Waals surface area contributed by atoms with Crippen LogP contribution in [-0.4, -0.2) is 19.1 Å². The van der Waals surface area contributed by atoms with Crippen LogP contribution in [0.15, 0.2) is 38.9 Å². The number of thioether (sulfide) groups is 1. The first-order valence-corrected chi connectivity index (χ1v) is 11.1. The summed E-state index contributed by atoms with van der Waals surface area (Å²) in [7, 11) is 3.19. The molecule has 29 heavy (non-hydrogen) atoms. The Kier molecular flexibility index (Phi) is 5.58. The normalized spacial score (nSPS) is 15.1. The molecule has 152 valence electrons. The lowest BCUT2D eigenvalue weighted by Gasteiger charge is -2.21. The summed E-state index contributed by atoms with van der Waals surface area (Å²) in [4.78, 5) is 35.0. The molecule has 7 heteroatoms. The molecule has 1 aromatic carbocycles. The van der Waals surface area contributed by atoms with E-state index in [0.29, 0.717) is 27.7 Å². The Morgan fingerprint density at radius 1 is 1.07 bits per heavy atom. The van der Waals surface area contributed by atoms with Gasteiger partial charge in [0.05, 0.1) is 0 Å². The summed E-state index contributed by atoms with van der Waals surface area (Å²) >= 11 is 1.55. The quantitative estimate of drug-likeness (QED) is 0.485. The fraction of sp³-hybridized carbons (Fsp3) is 0.455. The van der Waals surface area contributed by atoms with Gasteiger partial charge in [0.25, 0.3) is 5.56 Å². The molecular weight excluding hydrogens is 384 g/mol. The monoisotopic (exact) mass is 410 g/mol. The van der Waals surface area contributed by atoms with Gasteiger partial charge in [-0.1, -0.05) is 49.1 Å². The fourth-order valence-electron chi connectivity index (χ4n) is 4.05. The third kappa shape index (κ3) is 3.88. The zero-order valence-electron chi connectivity index (χ0n) is 17.1. The smallest absolute Gasteiger partial charge is 0.280 e. The predicted octanol–water partition coefficient (Wildman–Crippen LogP) is 3.68. The maximum absolute atomic E-state index is 12.9. The summed E-state index contributed by atoms with van der Waals surface area (Å²) in [5.74, 6) is 1.78. The summed E-state index contributed by atoms with van der Waals surface area (Å²) < 4.78 is 2.62. The maximum atomic E-state index is 12.9. The summed E-state index contributed by atoms with van der Waals surface area (Å²) in [6.45, 7) is 2.07. The molecule has 0 amide bonds. The first-order chi connectivity index (χ1) is 14.0. The first-order valence-electron chi connectivity index (χ1n) is 10.1. The van der Waals surface area contributed by atoms with E-state index in [0.717, 1.165) is 23.2 Å². The van der Waals surface area contributed by atoms with Crippen molar-refractivity contribution in [3.63, 3.8) is 0 Å². The van der Waals surface area contributed by atoms with Crippen LogP contribution in [0.3, 0.4) is 0 Å². The molecule has 0 unspecified atom stereocenters. The summed E-state index contributed by atoms with van der Waals surface area (Å²) in [6, 6.07) is 8.34. The minimum absolute atomic E-state index is 0.297. The first kappa shape index (κ1) is 19.9. The van der Waals surface area contributed by atoms with Crippen molar-refractivity contribution in [2.75, 3.05) is 0 Å². The molecule has 1 aliphatic rings. The standard InChI is InChI=1S/C22H26N4O2S/c1-14-8-7-9-15(12-14)13-29-20-17-19(25(2)22(28)26(3)21(17)27)23-18(24-20)16-10-5-4-6-11-16/h7-9,12,16H,4-6,10-11,13H2,1-3H3. The summed E-state index contributed by atoms with van der Waals surface area (Å²) in [5, 5.41) is 1.11. The highest BCUT2D eigenvalue weighted by atomic mass is 32.2. The lowest BCUT2D eigenvalue weighted by atomic mass is 9.89. The molecule has 0 atom stereocenters. The van der Waals surface area contributed by atoms with Gasteiger partial charge in [-0.2, -0.15) is 0 Å². The summed E-state index contributed by atoms with van der Waals surface area (Å²) in [5.41, 5.74) is 2.15. The number of nitrogens with zero attached hydrogens (tertiary/aromatic N) is 4. The van der Waals surface area contributed by atoms with Crippen molar-refractivity contribution in [2.45, 2.75) is 55.7 Å². The van der Waals surface area contributed by atoms with Crippen molar-refractivity contribution in [1.82, 2.24) is 19.1 Å². The van der Waals surface area contributed by atoms with Crippen LogP contribution in [0.1, 0.15) is 55.0 Å². The largest absolute Gasteiger partial charge is 0.332 e. The molecule has 3 aromatic rings. The Balaban J connectivity index is 1.85. The number of fused-ring (bicyclic) bond motifs is 1. The highest BCUT2D eigenvalue weighted by Crippen LogP contribution is 2.33. The van der Waals surface area contributed by atoms with Crippen molar-refractivity contribution >= 4 is 22.8 Å². The number of rotatable bonds is 4. The highest BCUT2D eigenvalue weighted by molar-refractivity contribution is 7.98. The Labute approximate surface area is 174 Å². The van der Waals surface area contributed by atoms with Gasteiger partial charge < -0.3 is 0 Å². The molecule has 4 rings (SSSR count). The predicted molar refractivity (Wildman–Crippen MR) is 117 cm³/mol. The molecule has 0 radical (unpaired) electrons. The third-order valence-corrected chi connectivity index (χ3v) is 6.76. The molecule has 6 nitrogen and oxygen atoms in total. The van der Waals surface area contributed by atoms with Gasteiger partial charge in [0.2, 0.25) is 0 Å². The van der Waals surface area contributed by atoms with Crippen molar-refractivity contribution in [1.29, 1.82) is 0 Å². The fourth-order valence-corrected chi connectivity index (χ4v) is 5.01. The van der Waals surface area contributed by atoms with Crippen LogP contribution in [0, 0.1) is 6.92 Å². The van der Waals surface area contributed by atoms with Gasteiger partial charge in [-0.15, -0.1) is 11.8 Å². The van der Waals surface area contributed by atoms with Gasteiger partial charge in [0, 0.05) is 25.8 Å². The number of benzene rings is 1. The number of hydrogen-bond acceptors (Lipinski definition) is 5. The Morgan fingerprint density at radius 3 is 2.55 bits per heavy atom. The molecule has 2 heterocycles. The van der Waals surface area contributed by atoms with Gasteiger partial charge in [-0.05, 0) is 25.3 Å². The average molecular weight is 411 g/mol. The van der Waals surface area contributed by atoms with E-state index in [9.17, 15) is 9.59 Å². The number of aromatic nitrogens is 4. The van der Waals surface area contributed by atoms with Crippen molar-refractivity contribution in [3.8, 4) is 0 Å². The van der Waals surface area contributed by atoms with E-state index >= 15 is 0 Å². The van der Waals surface area contributed by atoms with E-state index in [1.807, 2.05) is 6.07 Å². The maximum Gasteiger partial charge on any atom is 0.332 e. The number of hydrogen-bond donors (Lipinski definition) is 0. The zero-order valence-corrected chi connectivity index (χ0v) is 18.0. The topological polar surface area (TPSA) is 69.8 Å². The van der Waals surface area contributed by atoms with E-state index in [-0.39, 0.29) is 11.2 Å². The van der Waals surface area contributed by atoms with E-state index in [2.05, 4.69) is 25.1 Å². The van der Waals surface area contributed by atoms with Crippen molar-refractivity contribution in [2.24, 2.45) is 14.1 Å². The Bertz CT molecular complexity index is 1180. The van der Waals surface area contributed by atoms with Crippen molar-refractivity contribution < 1.29 is 0 Å². The second-order valence-corrected chi connectivity index (χ2v) is 8.87. The molecule has 2 aromatic heterocycles. The summed E-state index contributed by atoms with van der Waals surface area (Å²) in [6.07, 6.45) is 5.72. The third-order valence-electron chi connectivity index (χ3n) is 5.71. The zero-order chi connectivity index (χ0) is 20.5. The molecule has 1 saturated carbocycles. The van der Waals surface area contributed by atoms with Gasteiger partial charge >= 0.3 is 5.69 Å². The second kappa shape index (κ2) is 8.14. The lowest BCUT2D eigenvalue weighted by molar-refractivity contribution is 0.427. The van der Waals surface area contributed by atoms with Crippen LogP contribution in [0.25, 0.3) is 11.0 Å². The van der Waals surface area contributed by atoms with Crippen molar-refractivity contribution in [3.05, 3.63) is 62.1 Å². The number of aryl methyl sites for hydroxylation is 2. The molecule has 0 bridgehead atoms. The molecule has 1 fully saturated rings. The van der Waals surface area contributed by atoms with E-state index < -0.39 is 0 Å². The molecule has 0 N–H and O–H groups in total. The molecule has 0 saturated heterocycles. The van der Waals surface area contributed by atoms with Gasteiger partial charge in [0.15, 0.2) is 5.65 Å². The van der Waals surface area contributed by atoms with Crippen LogP contribution < -0.4 is 11.2 Å². The minimum Gasteiger partial charge on any atom is -0.280 e. The van der Waals surface area contributed by atoms with E-state index in [1.54, 1.807) is 18.8 Å². The molecular formula is C22H26N4O2S. The van der Waals surface area contributed by atoms with Crippen LogP contribution in [-0.2, 0) is 19.8 Å². The Hall–Kier alpha value is -2.41. The van der Waals surface area contributed by atoms with Crippen LogP contribution in [0.5, 0.6) is 0 Å².